The van der Waals surface area contributed by atoms with Crippen LogP contribution in [0.3, 0.4) is 0 Å². The average molecular weight is 413 g/mol. The normalized spacial score (nSPS) is 16.4. The van der Waals surface area contributed by atoms with Gasteiger partial charge in [0.2, 0.25) is 12.7 Å². The number of halogens is 1. The summed E-state index contributed by atoms with van der Waals surface area (Å²) >= 11 is 1.50. The van der Waals surface area contributed by atoms with Gasteiger partial charge in [-0.15, -0.1) is 0 Å². The fourth-order valence-corrected chi connectivity index (χ4v) is 4.78. The maximum absolute atomic E-state index is 13.4. The van der Waals surface area contributed by atoms with E-state index < -0.39 is 0 Å². The number of hydrogen-bond acceptors (Lipinski definition) is 6. The number of carbonyl (C=O) groups is 1. The second-order valence-electron chi connectivity index (χ2n) is 7.28. The predicted molar refractivity (Wildman–Crippen MR) is 109 cm³/mol. The third-order valence-corrected chi connectivity index (χ3v) is 6.46. The number of ether oxygens (including phenoxy) is 2. The van der Waals surface area contributed by atoms with Crippen LogP contribution in [0.15, 0.2) is 36.4 Å². The van der Waals surface area contributed by atoms with E-state index in [1.54, 1.807) is 6.07 Å². The van der Waals surface area contributed by atoms with E-state index >= 15 is 0 Å². The third-order valence-electron chi connectivity index (χ3n) is 5.38. The molecule has 0 spiro atoms. The number of fused-ring (bicyclic) bond motifs is 2. The van der Waals surface area contributed by atoms with Crippen molar-refractivity contribution in [1.82, 2.24) is 10.3 Å². The highest BCUT2D eigenvalue weighted by molar-refractivity contribution is 7.22. The van der Waals surface area contributed by atoms with E-state index in [9.17, 15) is 9.18 Å². The van der Waals surface area contributed by atoms with Gasteiger partial charge in [0.25, 0.3) is 0 Å². The highest BCUT2D eigenvalue weighted by Gasteiger charge is 2.26. The minimum Gasteiger partial charge on any atom is -0.454 e. The number of amides is 1. The number of rotatable bonds is 4. The molecule has 5 rings (SSSR count). The van der Waals surface area contributed by atoms with Crippen molar-refractivity contribution in [1.29, 1.82) is 0 Å². The van der Waals surface area contributed by atoms with Gasteiger partial charge in [-0.1, -0.05) is 17.4 Å². The molecule has 29 heavy (non-hydrogen) atoms. The lowest BCUT2D eigenvalue weighted by atomic mass is 9.96. The van der Waals surface area contributed by atoms with Crippen molar-refractivity contribution in [2.24, 2.45) is 5.92 Å². The number of hydrogen-bond donors (Lipinski definition) is 1. The molecule has 1 aromatic heterocycles. The first kappa shape index (κ1) is 18.2. The second kappa shape index (κ2) is 7.51. The van der Waals surface area contributed by atoms with Gasteiger partial charge in [-0.05, 0) is 48.7 Å². The van der Waals surface area contributed by atoms with E-state index in [4.69, 9.17) is 9.47 Å². The minimum absolute atomic E-state index is 0.00733. The Morgan fingerprint density at radius 1 is 1.17 bits per heavy atom. The van der Waals surface area contributed by atoms with Crippen LogP contribution in [0.1, 0.15) is 18.4 Å². The Bertz CT molecular complexity index is 1060. The van der Waals surface area contributed by atoms with E-state index in [1.165, 1.54) is 23.5 Å². The Morgan fingerprint density at radius 3 is 2.86 bits per heavy atom. The van der Waals surface area contributed by atoms with Crippen molar-refractivity contribution in [2.75, 3.05) is 24.8 Å². The fourth-order valence-electron chi connectivity index (χ4n) is 3.74. The maximum Gasteiger partial charge on any atom is 0.231 e. The van der Waals surface area contributed by atoms with Gasteiger partial charge in [-0.25, -0.2) is 9.37 Å². The lowest BCUT2D eigenvalue weighted by molar-refractivity contribution is -0.125. The molecule has 0 saturated carbocycles. The van der Waals surface area contributed by atoms with Crippen LogP contribution in [0.4, 0.5) is 9.52 Å². The zero-order valence-corrected chi connectivity index (χ0v) is 16.5. The maximum atomic E-state index is 13.4. The minimum atomic E-state index is -0.245. The molecule has 1 fully saturated rings. The van der Waals surface area contributed by atoms with Gasteiger partial charge in [0.15, 0.2) is 16.6 Å². The van der Waals surface area contributed by atoms with Gasteiger partial charge < -0.3 is 19.7 Å². The SMILES string of the molecule is O=C(NCc1ccc2c(c1)OCO2)C1CCN(c2nc3ccc(F)cc3s2)CC1. The summed E-state index contributed by atoms with van der Waals surface area (Å²) in [6.45, 7) is 2.25. The molecule has 150 valence electrons. The molecular formula is C21H20FN3O3S. The largest absolute Gasteiger partial charge is 0.454 e. The Morgan fingerprint density at radius 2 is 2.00 bits per heavy atom. The molecule has 0 radical (unpaired) electrons. The van der Waals surface area contributed by atoms with Gasteiger partial charge in [0.05, 0.1) is 10.2 Å². The molecule has 0 aliphatic carbocycles. The number of thiazole rings is 1. The number of nitrogens with one attached hydrogen (secondary N) is 1. The highest BCUT2D eigenvalue weighted by Crippen LogP contribution is 2.33. The van der Waals surface area contributed by atoms with Crippen LogP contribution >= 0.6 is 11.3 Å². The second-order valence-corrected chi connectivity index (χ2v) is 8.28. The average Bonchev–Trinajstić information content (AvgIpc) is 3.38. The van der Waals surface area contributed by atoms with Crippen LogP contribution in [0, 0.1) is 11.7 Å². The summed E-state index contributed by atoms with van der Waals surface area (Å²) in [7, 11) is 0. The Kier molecular flexibility index (Phi) is 4.71. The number of benzene rings is 2. The number of piperidine rings is 1. The smallest absolute Gasteiger partial charge is 0.231 e. The first-order chi connectivity index (χ1) is 14.2. The predicted octanol–water partition coefficient (Wildman–Crippen LogP) is 3.70. The first-order valence-corrected chi connectivity index (χ1v) is 10.4. The monoisotopic (exact) mass is 413 g/mol. The Labute approximate surface area is 171 Å². The van der Waals surface area contributed by atoms with Crippen LogP contribution < -0.4 is 19.7 Å². The molecule has 6 nitrogen and oxygen atoms in total. The van der Waals surface area contributed by atoms with E-state index in [2.05, 4.69) is 15.2 Å². The van der Waals surface area contributed by atoms with E-state index in [0.717, 1.165) is 58.3 Å². The number of nitrogens with zero attached hydrogens (tertiary/aromatic N) is 2. The number of carbonyl (C=O) groups excluding carboxylic acids is 1. The van der Waals surface area contributed by atoms with Crippen LogP contribution in [0.5, 0.6) is 11.5 Å². The van der Waals surface area contributed by atoms with Crippen LogP contribution in [0.25, 0.3) is 10.2 Å². The third kappa shape index (κ3) is 3.72. The number of aromatic nitrogens is 1. The summed E-state index contributed by atoms with van der Waals surface area (Å²) in [6.07, 6.45) is 1.55. The van der Waals surface area contributed by atoms with Gasteiger partial charge in [-0.3, -0.25) is 4.79 Å². The molecule has 1 amide bonds. The zero-order valence-electron chi connectivity index (χ0n) is 15.7. The molecular weight excluding hydrogens is 393 g/mol. The summed E-state index contributed by atoms with van der Waals surface area (Å²) in [6, 6.07) is 10.4. The molecule has 2 aromatic carbocycles. The summed E-state index contributed by atoms with van der Waals surface area (Å²) in [5.74, 6) is 1.29. The van der Waals surface area contributed by atoms with E-state index in [0.29, 0.717) is 6.54 Å². The molecule has 2 aliphatic rings. The van der Waals surface area contributed by atoms with Crippen molar-refractivity contribution in [3.8, 4) is 11.5 Å². The molecule has 1 N–H and O–H groups in total. The zero-order chi connectivity index (χ0) is 19.8. The highest BCUT2D eigenvalue weighted by atomic mass is 32.1. The topological polar surface area (TPSA) is 63.7 Å². The summed E-state index contributed by atoms with van der Waals surface area (Å²) in [5.41, 5.74) is 1.80. The Balaban J connectivity index is 1.16. The molecule has 8 heteroatoms. The standard InChI is InChI=1S/C21H20FN3O3S/c22-15-2-3-16-19(10-15)29-21(24-16)25-7-5-14(6-8-25)20(26)23-11-13-1-4-17-18(9-13)28-12-27-17/h1-4,9-10,14H,5-8,11-12H2,(H,23,26). The number of anilines is 1. The van der Waals surface area contributed by atoms with E-state index in [-0.39, 0.29) is 24.4 Å². The molecule has 2 aliphatic heterocycles. The molecule has 0 unspecified atom stereocenters. The Hall–Kier alpha value is -2.87. The summed E-state index contributed by atoms with van der Waals surface area (Å²) in [4.78, 5) is 19.4. The molecule has 0 atom stereocenters. The van der Waals surface area contributed by atoms with Crippen LogP contribution in [0.2, 0.25) is 0 Å². The van der Waals surface area contributed by atoms with Gasteiger partial charge in [0, 0.05) is 25.6 Å². The lowest BCUT2D eigenvalue weighted by Crippen LogP contribution is -2.40. The van der Waals surface area contributed by atoms with Crippen molar-refractivity contribution < 1.29 is 18.7 Å². The van der Waals surface area contributed by atoms with E-state index in [1.807, 2.05) is 18.2 Å². The van der Waals surface area contributed by atoms with Gasteiger partial charge in [0.1, 0.15) is 5.82 Å². The van der Waals surface area contributed by atoms with Crippen molar-refractivity contribution in [2.45, 2.75) is 19.4 Å². The summed E-state index contributed by atoms with van der Waals surface area (Å²) < 4.78 is 24.9. The lowest BCUT2D eigenvalue weighted by Gasteiger charge is -2.31. The summed E-state index contributed by atoms with van der Waals surface area (Å²) in [5, 5.41) is 3.93. The molecule has 0 bridgehead atoms. The van der Waals surface area contributed by atoms with Crippen LogP contribution in [-0.2, 0) is 11.3 Å². The van der Waals surface area contributed by atoms with Gasteiger partial charge in [-0.2, -0.15) is 0 Å². The van der Waals surface area contributed by atoms with Crippen molar-refractivity contribution in [3.05, 3.63) is 47.8 Å². The van der Waals surface area contributed by atoms with Crippen molar-refractivity contribution in [3.63, 3.8) is 0 Å². The molecule has 1 saturated heterocycles. The molecule has 3 heterocycles. The van der Waals surface area contributed by atoms with Crippen molar-refractivity contribution >= 4 is 32.6 Å². The quantitative estimate of drug-likeness (QED) is 0.707. The van der Waals surface area contributed by atoms with Gasteiger partial charge >= 0.3 is 0 Å². The first-order valence-electron chi connectivity index (χ1n) is 9.63. The van der Waals surface area contributed by atoms with Crippen LogP contribution in [-0.4, -0.2) is 30.8 Å². The molecule has 3 aromatic rings. The fraction of sp³-hybridized carbons (Fsp3) is 0.333.